The molecule has 0 fully saturated rings. The van der Waals surface area contributed by atoms with Crippen LogP contribution in [0.3, 0.4) is 0 Å². The quantitative estimate of drug-likeness (QED) is 0.377. The SMILES string of the molecule is CN(C)C(=O)CC[C@H](NC(=O)[C@@H]1Cc2ccccc2CN1C(=O)[C@@H](NC(=O)OCc1ccccc1)C(C)(C)C)C(=O)OC(C)(C)C. The molecule has 4 amide bonds. The van der Waals surface area contributed by atoms with E-state index in [1.165, 1.54) is 9.80 Å². The summed E-state index contributed by atoms with van der Waals surface area (Å²) in [5.41, 5.74) is 1.00. The molecule has 0 unspecified atom stereocenters. The van der Waals surface area contributed by atoms with Gasteiger partial charge in [-0.1, -0.05) is 75.4 Å². The molecule has 0 saturated heterocycles. The highest BCUT2D eigenvalue weighted by atomic mass is 16.6. The summed E-state index contributed by atoms with van der Waals surface area (Å²) in [5, 5.41) is 5.52. The molecule has 0 aromatic heterocycles. The van der Waals surface area contributed by atoms with Gasteiger partial charge in [0.05, 0.1) is 0 Å². The van der Waals surface area contributed by atoms with Crippen molar-refractivity contribution < 1.29 is 33.4 Å². The van der Waals surface area contributed by atoms with Gasteiger partial charge in [-0.05, 0) is 49.3 Å². The van der Waals surface area contributed by atoms with E-state index in [2.05, 4.69) is 10.6 Å². The molecule has 3 atom stereocenters. The number of esters is 1. The van der Waals surface area contributed by atoms with Crippen LogP contribution in [0.5, 0.6) is 0 Å². The van der Waals surface area contributed by atoms with Crippen LogP contribution in [0.15, 0.2) is 54.6 Å². The van der Waals surface area contributed by atoms with Crippen molar-refractivity contribution in [3.8, 4) is 0 Å². The number of rotatable bonds is 10. The average molecular weight is 637 g/mol. The van der Waals surface area contributed by atoms with Crippen LogP contribution in [-0.2, 0) is 48.2 Å². The summed E-state index contributed by atoms with van der Waals surface area (Å²) >= 11 is 0. The first-order valence-electron chi connectivity index (χ1n) is 15.5. The molecular formula is C35H48N4O7. The van der Waals surface area contributed by atoms with Gasteiger partial charge in [-0.2, -0.15) is 0 Å². The standard InChI is InChI=1S/C35H48N4O7/c1-34(2,3)29(37-33(44)45-22-23-14-10-9-11-15-23)31(42)39-21-25-17-13-12-16-24(25)20-27(39)30(41)36-26(18-19-28(40)38(7)8)32(43)46-35(4,5)6/h9-17,26-27,29H,18-22H2,1-8H3,(H,36,41)(H,37,44)/t26-,27-,29+/m0/s1. The fourth-order valence-corrected chi connectivity index (χ4v) is 5.07. The van der Waals surface area contributed by atoms with Gasteiger partial charge in [0.15, 0.2) is 0 Å². The van der Waals surface area contributed by atoms with Gasteiger partial charge in [0.1, 0.15) is 30.3 Å². The second-order valence-electron chi connectivity index (χ2n) is 13.9. The number of nitrogens with zero attached hydrogens (tertiary/aromatic N) is 2. The summed E-state index contributed by atoms with van der Waals surface area (Å²) in [6.07, 6.45) is -0.533. The first-order chi connectivity index (χ1) is 21.5. The van der Waals surface area contributed by atoms with Crippen LogP contribution >= 0.6 is 0 Å². The third-order valence-electron chi connectivity index (χ3n) is 7.58. The van der Waals surface area contributed by atoms with Gasteiger partial charge < -0.3 is 29.9 Å². The van der Waals surface area contributed by atoms with E-state index >= 15 is 0 Å². The topological polar surface area (TPSA) is 134 Å². The summed E-state index contributed by atoms with van der Waals surface area (Å²) in [5.74, 6) is -1.90. The summed E-state index contributed by atoms with van der Waals surface area (Å²) in [6, 6.07) is 13.6. The molecule has 0 aliphatic carbocycles. The lowest BCUT2D eigenvalue weighted by molar-refractivity contribution is -0.159. The molecule has 2 aromatic rings. The first-order valence-corrected chi connectivity index (χ1v) is 15.5. The molecule has 250 valence electrons. The molecule has 0 bridgehead atoms. The molecule has 46 heavy (non-hydrogen) atoms. The van der Waals surface area contributed by atoms with Gasteiger partial charge in [-0.3, -0.25) is 14.4 Å². The Morgan fingerprint density at radius 1 is 0.891 bits per heavy atom. The first kappa shape index (κ1) is 36.1. The van der Waals surface area contributed by atoms with Gasteiger partial charge in [0.25, 0.3) is 0 Å². The minimum Gasteiger partial charge on any atom is -0.458 e. The Morgan fingerprint density at radius 3 is 2.09 bits per heavy atom. The van der Waals surface area contributed by atoms with Crippen molar-refractivity contribution in [3.05, 3.63) is 71.3 Å². The van der Waals surface area contributed by atoms with E-state index in [0.29, 0.717) is 0 Å². The molecular weight excluding hydrogens is 588 g/mol. The van der Waals surface area contributed by atoms with Crippen molar-refractivity contribution in [2.45, 2.75) is 97.7 Å². The molecule has 1 heterocycles. The second-order valence-corrected chi connectivity index (χ2v) is 13.9. The Bertz CT molecular complexity index is 1400. The summed E-state index contributed by atoms with van der Waals surface area (Å²) in [7, 11) is 3.23. The number of nitrogens with one attached hydrogen (secondary N) is 2. The lowest BCUT2D eigenvalue weighted by Crippen LogP contribution is -2.61. The molecule has 11 heteroatoms. The number of hydrogen-bond donors (Lipinski definition) is 2. The molecule has 3 rings (SSSR count). The summed E-state index contributed by atoms with van der Waals surface area (Å²) in [6.45, 7) is 10.8. The fraction of sp³-hybridized carbons (Fsp3) is 0.514. The zero-order valence-electron chi connectivity index (χ0n) is 28.2. The number of carbonyl (C=O) groups is 5. The third kappa shape index (κ3) is 10.3. The molecule has 1 aliphatic rings. The minimum absolute atomic E-state index is 0.00838. The smallest absolute Gasteiger partial charge is 0.408 e. The molecule has 0 spiro atoms. The van der Waals surface area contributed by atoms with E-state index in [4.69, 9.17) is 9.47 Å². The van der Waals surface area contributed by atoms with Crippen molar-refractivity contribution >= 4 is 29.8 Å². The van der Waals surface area contributed by atoms with Gasteiger partial charge in [0, 0.05) is 33.5 Å². The molecule has 0 saturated carbocycles. The van der Waals surface area contributed by atoms with E-state index in [1.54, 1.807) is 34.9 Å². The van der Waals surface area contributed by atoms with Crippen LogP contribution in [0.4, 0.5) is 4.79 Å². The maximum atomic E-state index is 14.3. The van der Waals surface area contributed by atoms with Crippen molar-refractivity contribution in [1.82, 2.24) is 20.4 Å². The van der Waals surface area contributed by atoms with Gasteiger partial charge in [-0.15, -0.1) is 0 Å². The minimum atomic E-state index is -1.12. The van der Waals surface area contributed by atoms with Crippen LogP contribution < -0.4 is 10.6 Å². The predicted molar refractivity (Wildman–Crippen MR) is 173 cm³/mol. The van der Waals surface area contributed by atoms with Crippen molar-refractivity contribution in [3.63, 3.8) is 0 Å². The van der Waals surface area contributed by atoms with E-state index in [0.717, 1.165) is 16.7 Å². The van der Waals surface area contributed by atoms with Gasteiger partial charge in [0.2, 0.25) is 17.7 Å². The lowest BCUT2D eigenvalue weighted by atomic mass is 9.84. The zero-order valence-corrected chi connectivity index (χ0v) is 28.2. The highest BCUT2D eigenvalue weighted by Gasteiger charge is 2.43. The third-order valence-corrected chi connectivity index (χ3v) is 7.58. The number of benzene rings is 2. The maximum Gasteiger partial charge on any atom is 0.408 e. The average Bonchev–Trinajstić information content (AvgIpc) is 2.98. The predicted octanol–water partition coefficient (Wildman–Crippen LogP) is 3.98. The van der Waals surface area contributed by atoms with E-state index in [-0.39, 0.29) is 38.3 Å². The van der Waals surface area contributed by atoms with Crippen molar-refractivity contribution in [2.75, 3.05) is 14.1 Å². The van der Waals surface area contributed by atoms with E-state index < -0.39 is 53.0 Å². The number of carbonyl (C=O) groups excluding carboxylic acids is 5. The Hall–Kier alpha value is -4.41. The molecule has 1 aliphatic heterocycles. The van der Waals surface area contributed by atoms with Crippen LogP contribution in [0.25, 0.3) is 0 Å². The van der Waals surface area contributed by atoms with Gasteiger partial charge >= 0.3 is 12.1 Å². The highest BCUT2D eigenvalue weighted by Crippen LogP contribution is 2.29. The van der Waals surface area contributed by atoms with Crippen LogP contribution in [0.2, 0.25) is 0 Å². The maximum absolute atomic E-state index is 14.3. The van der Waals surface area contributed by atoms with Crippen LogP contribution in [-0.4, -0.2) is 77.4 Å². The molecule has 2 aromatic carbocycles. The second kappa shape index (κ2) is 15.2. The molecule has 2 N–H and O–H groups in total. The number of amides is 4. The van der Waals surface area contributed by atoms with Crippen molar-refractivity contribution in [1.29, 1.82) is 0 Å². The monoisotopic (exact) mass is 636 g/mol. The highest BCUT2D eigenvalue weighted by molar-refractivity contribution is 5.94. The number of hydrogen-bond acceptors (Lipinski definition) is 7. The zero-order chi connectivity index (χ0) is 34.2. The van der Waals surface area contributed by atoms with Gasteiger partial charge in [-0.25, -0.2) is 9.59 Å². The Balaban J connectivity index is 1.88. The van der Waals surface area contributed by atoms with Crippen LogP contribution in [0, 0.1) is 5.41 Å². The molecule has 11 nitrogen and oxygen atoms in total. The lowest BCUT2D eigenvalue weighted by Gasteiger charge is -2.41. The van der Waals surface area contributed by atoms with E-state index in [1.807, 2.05) is 75.4 Å². The Labute approximate surface area is 272 Å². The number of ether oxygens (including phenoxy) is 2. The largest absolute Gasteiger partial charge is 0.458 e. The summed E-state index contributed by atoms with van der Waals surface area (Å²) < 4.78 is 11.0. The Morgan fingerprint density at radius 2 is 1.50 bits per heavy atom. The van der Waals surface area contributed by atoms with E-state index in [9.17, 15) is 24.0 Å². The fourth-order valence-electron chi connectivity index (χ4n) is 5.07. The normalized spacial score (nSPS) is 15.9. The van der Waals surface area contributed by atoms with Crippen molar-refractivity contribution in [2.24, 2.45) is 5.41 Å². The van der Waals surface area contributed by atoms with Crippen LogP contribution in [0.1, 0.15) is 71.1 Å². The Kier molecular flexibility index (Phi) is 12.0. The summed E-state index contributed by atoms with van der Waals surface area (Å²) in [4.78, 5) is 69.7. The number of fused-ring (bicyclic) bond motifs is 1. The molecule has 0 radical (unpaired) electrons. The number of alkyl carbamates (subject to hydrolysis) is 1.